The number of carbonyl (C=O) groups excluding carboxylic acids is 1. The van der Waals surface area contributed by atoms with Gasteiger partial charge in [-0.3, -0.25) is 4.79 Å². The second-order valence-electron chi connectivity index (χ2n) is 8.29. The highest BCUT2D eigenvalue weighted by Crippen LogP contribution is 2.31. The summed E-state index contributed by atoms with van der Waals surface area (Å²) in [4.78, 5) is 24.1. The number of halogens is 3. The SMILES string of the molecule is CCC(C)C(=O)OCCCCCCCCCCSc1cc(=O)oc2cc(OC(F)(F)F)ccc12. The second-order valence-corrected chi connectivity index (χ2v) is 9.43. The molecule has 0 N–H and O–H groups in total. The highest BCUT2D eigenvalue weighted by atomic mass is 32.2. The molecule has 2 rings (SSSR count). The lowest BCUT2D eigenvalue weighted by Crippen LogP contribution is -2.17. The fraction of sp³-hybridized carbons (Fsp3) is 0.600. The molecule has 1 aromatic carbocycles. The van der Waals surface area contributed by atoms with E-state index in [4.69, 9.17) is 9.15 Å². The van der Waals surface area contributed by atoms with Gasteiger partial charge in [-0.15, -0.1) is 24.9 Å². The van der Waals surface area contributed by atoms with Crippen LogP contribution >= 0.6 is 11.8 Å². The predicted octanol–water partition coefficient (Wildman–Crippen LogP) is 7.49. The summed E-state index contributed by atoms with van der Waals surface area (Å²) in [5.41, 5.74) is -0.528. The third-order valence-corrected chi connectivity index (χ3v) is 6.61. The van der Waals surface area contributed by atoms with E-state index in [2.05, 4.69) is 4.74 Å². The topological polar surface area (TPSA) is 65.7 Å². The van der Waals surface area contributed by atoms with Gasteiger partial charge in [-0.25, -0.2) is 4.79 Å². The smallest absolute Gasteiger partial charge is 0.465 e. The van der Waals surface area contributed by atoms with Crippen LogP contribution in [-0.4, -0.2) is 24.7 Å². The third kappa shape index (κ3) is 10.4. The van der Waals surface area contributed by atoms with Gasteiger partial charge in [0.1, 0.15) is 11.3 Å². The van der Waals surface area contributed by atoms with E-state index in [0.29, 0.717) is 16.9 Å². The molecule has 9 heteroatoms. The number of carbonyl (C=O) groups is 1. The Kier molecular flexibility index (Phi) is 11.8. The molecule has 0 fully saturated rings. The van der Waals surface area contributed by atoms with Gasteiger partial charge in [0.25, 0.3) is 0 Å². The van der Waals surface area contributed by atoms with Crippen LogP contribution in [0.1, 0.15) is 71.6 Å². The highest BCUT2D eigenvalue weighted by molar-refractivity contribution is 7.99. The summed E-state index contributed by atoms with van der Waals surface area (Å²) in [6.45, 7) is 4.36. The maximum atomic E-state index is 12.4. The summed E-state index contributed by atoms with van der Waals surface area (Å²) in [6.07, 6.45) is 4.57. The zero-order chi connectivity index (χ0) is 25.0. The molecule has 0 saturated heterocycles. The predicted molar refractivity (Wildman–Crippen MR) is 127 cm³/mol. The van der Waals surface area contributed by atoms with E-state index >= 15 is 0 Å². The van der Waals surface area contributed by atoms with Crippen molar-refractivity contribution < 1.29 is 31.9 Å². The van der Waals surface area contributed by atoms with E-state index in [0.717, 1.165) is 69.6 Å². The average Bonchev–Trinajstić information content (AvgIpc) is 2.77. The van der Waals surface area contributed by atoms with E-state index < -0.39 is 17.7 Å². The molecule has 0 aliphatic rings. The van der Waals surface area contributed by atoms with E-state index in [9.17, 15) is 22.8 Å². The van der Waals surface area contributed by atoms with Gasteiger partial charge in [-0.2, -0.15) is 0 Å². The number of fused-ring (bicyclic) bond motifs is 1. The highest BCUT2D eigenvalue weighted by Gasteiger charge is 2.31. The minimum absolute atomic E-state index is 0.0261. The molecule has 2 aromatic rings. The molecule has 0 bridgehead atoms. The summed E-state index contributed by atoms with van der Waals surface area (Å²) in [5.74, 6) is 0.255. The first kappa shape index (κ1) is 28.1. The Morgan fingerprint density at radius 2 is 1.68 bits per heavy atom. The van der Waals surface area contributed by atoms with Crippen molar-refractivity contribution in [1.82, 2.24) is 0 Å². The third-order valence-electron chi connectivity index (χ3n) is 5.47. The van der Waals surface area contributed by atoms with Crippen LogP contribution in [0, 0.1) is 5.92 Å². The minimum Gasteiger partial charge on any atom is -0.465 e. The van der Waals surface area contributed by atoms with Crippen LogP contribution in [0.5, 0.6) is 5.75 Å². The summed E-state index contributed by atoms with van der Waals surface area (Å²) in [5, 5.41) is 0.592. The molecule has 34 heavy (non-hydrogen) atoms. The Morgan fingerprint density at radius 1 is 1.03 bits per heavy atom. The summed E-state index contributed by atoms with van der Waals surface area (Å²) in [7, 11) is 0. The number of hydrogen-bond donors (Lipinski definition) is 0. The number of ether oxygens (including phenoxy) is 2. The Morgan fingerprint density at radius 3 is 2.32 bits per heavy atom. The van der Waals surface area contributed by atoms with E-state index in [-0.39, 0.29) is 17.5 Å². The summed E-state index contributed by atoms with van der Waals surface area (Å²) in [6, 6.07) is 5.16. The second kappa shape index (κ2) is 14.3. The normalized spacial score (nSPS) is 12.6. The lowest BCUT2D eigenvalue weighted by atomic mass is 10.1. The first-order chi connectivity index (χ1) is 16.2. The maximum Gasteiger partial charge on any atom is 0.573 e. The minimum atomic E-state index is -4.80. The van der Waals surface area contributed by atoms with Crippen molar-refractivity contribution in [2.45, 2.75) is 82.9 Å². The number of hydrogen-bond acceptors (Lipinski definition) is 6. The lowest BCUT2D eigenvalue weighted by Gasteiger charge is -2.10. The van der Waals surface area contributed by atoms with Crippen molar-refractivity contribution >= 4 is 28.7 Å². The molecule has 1 aromatic heterocycles. The van der Waals surface area contributed by atoms with E-state index in [1.54, 1.807) is 0 Å². The monoisotopic (exact) mass is 502 g/mol. The molecule has 5 nitrogen and oxygen atoms in total. The van der Waals surface area contributed by atoms with Crippen LogP contribution in [0.4, 0.5) is 13.2 Å². The van der Waals surface area contributed by atoms with Crippen molar-refractivity contribution in [2.75, 3.05) is 12.4 Å². The molecule has 0 radical (unpaired) electrons. The molecule has 1 unspecified atom stereocenters. The number of alkyl halides is 3. The fourth-order valence-electron chi connectivity index (χ4n) is 3.36. The molecule has 1 heterocycles. The van der Waals surface area contributed by atoms with E-state index in [1.807, 2.05) is 13.8 Å². The maximum absolute atomic E-state index is 12.4. The standard InChI is InChI=1S/C25H33F3O5S/c1-3-18(2)24(30)31-14-10-8-6-4-5-7-9-11-15-34-22-17-23(29)32-21-16-19(12-13-20(21)22)33-25(26,27)28/h12-13,16-18H,3-11,14-15H2,1-2H3. The van der Waals surface area contributed by atoms with Crippen LogP contribution < -0.4 is 10.4 Å². The lowest BCUT2D eigenvalue weighted by molar-refractivity contribution is -0.274. The molecule has 0 aliphatic carbocycles. The first-order valence-corrected chi connectivity index (χ1v) is 12.8. The molecule has 1 atom stereocenters. The molecular formula is C25H33F3O5S. The van der Waals surface area contributed by atoms with Crippen molar-refractivity contribution in [3.63, 3.8) is 0 Å². The van der Waals surface area contributed by atoms with Crippen LogP contribution in [-0.2, 0) is 9.53 Å². The van der Waals surface area contributed by atoms with Crippen LogP contribution in [0.25, 0.3) is 11.0 Å². The molecule has 0 spiro atoms. The summed E-state index contributed by atoms with van der Waals surface area (Å²) < 4.78 is 51.4. The van der Waals surface area contributed by atoms with Crippen molar-refractivity contribution in [3.05, 3.63) is 34.7 Å². The quantitative estimate of drug-likeness (QED) is 0.109. The summed E-state index contributed by atoms with van der Waals surface area (Å²) >= 11 is 1.50. The van der Waals surface area contributed by atoms with Crippen LogP contribution in [0.3, 0.4) is 0 Å². The Balaban J connectivity index is 1.62. The van der Waals surface area contributed by atoms with Crippen LogP contribution in [0.2, 0.25) is 0 Å². The number of unbranched alkanes of at least 4 members (excludes halogenated alkanes) is 7. The van der Waals surface area contributed by atoms with Crippen LogP contribution in [0.15, 0.2) is 38.4 Å². The fourth-order valence-corrected chi connectivity index (χ4v) is 4.43. The number of esters is 1. The van der Waals surface area contributed by atoms with Crippen molar-refractivity contribution in [1.29, 1.82) is 0 Å². The van der Waals surface area contributed by atoms with Crippen molar-refractivity contribution in [3.8, 4) is 5.75 Å². The molecule has 0 amide bonds. The number of thioether (sulfide) groups is 1. The molecular weight excluding hydrogens is 469 g/mol. The number of rotatable bonds is 15. The first-order valence-electron chi connectivity index (χ1n) is 11.8. The Bertz CT molecular complexity index is 958. The van der Waals surface area contributed by atoms with Gasteiger partial charge in [0, 0.05) is 22.4 Å². The van der Waals surface area contributed by atoms with Gasteiger partial charge in [-0.1, -0.05) is 52.4 Å². The van der Waals surface area contributed by atoms with Gasteiger partial charge in [0.15, 0.2) is 0 Å². The molecule has 190 valence electrons. The van der Waals surface area contributed by atoms with Gasteiger partial charge >= 0.3 is 18.0 Å². The van der Waals surface area contributed by atoms with Gasteiger partial charge < -0.3 is 13.9 Å². The van der Waals surface area contributed by atoms with Crippen molar-refractivity contribution in [2.24, 2.45) is 5.92 Å². The Hall–Kier alpha value is -2.16. The zero-order valence-electron chi connectivity index (χ0n) is 19.7. The van der Waals surface area contributed by atoms with Gasteiger partial charge in [-0.05, 0) is 37.1 Å². The van der Waals surface area contributed by atoms with E-state index in [1.165, 1.54) is 30.0 Å². The van der Waals surface area contributed by atoms with Gasteiger partial charge in [0.2, 0.25) is 0 Å². The molecule has 0 aliphatic heterocycles. The molecule has 0 saturated carbocycles. The number of benzene rings is 1. The largest absolute Gasteiger partial charge is 0.573 e. The zero-order valence-corrected chi connectivity index (χ0v) is 20.6. The average molecular weight is 503 g/mol. The Labute approximate surface area is 202 Å². The van der Waals surface area contributed by atoms with Gasteiger partial charge in [0.05, 0.1) is 12.5 Å².